The Morgan fingerprint density at radius 3 is 2.83 bits per heavy atom. The molecule has 3 heterocycles. The SMILES string of the molecule is C=C(C)c1cc2cc3c(cc2o1)OCC1c2ccc(O)cc2OC31. The van der Waals surface area contributed by atoms with E-state index in [1.807, 2.05) is 25.1 Å². The molecule has 3 aromatic rings. The van der Waals surface area contributed by atoms with Crippen LogP contribution in [-0.4, -0.2) is 11.7 Å². The Morgan fingerprint density at radius 2 is 2.00 bits per heavy atom. The van der Waals surface area contributed by atoms with Crippen molar-refractivity contribution in [1.29, 1.82) is 0 Å². The van der Waals surface area contributed by atoms with Crippen LogP contribution in [0.2, 0.25) is 0 Å². The summed E-state index contributed by atoms with van der Waals surface area (Å²) < 4.78 is 17.9. The van der Waals surface area contributed by atoms with Gasteiger partial charge in [0.1, 0.15) is 34.7 Å². The molecule has 1 aromatic heterocycles. The Kier molecular flexibility index (Phi) is 2.58. The van der Waals surface area contributed by atoms with Gasteiger partial charge in [0, 0.05) is 28.6 Å². The fourth-order valence-corrected chi connectivity index (χ4v) is 3.59. The number of ether oxygens (including phenoxy) is 2. The maximum Gasteiger partial charge on any atom is 0.138 e. The van der Waals surface area contributed by atoms with Crippen molar-refractivity contribution in [2.75, 3.05) is 6.61 Å². The standard InChI is InChI=1S/C20H16O4/c1-10(2)16-6-11-5-14-18(8-17(11)23-16)22-9-15-13-4-3-12(21)7-19(13)24-20(14)15/h3-8,15,20-21H,1,9H2,2H3. The summed E-state index contributed by atoms with van der Waals surface area (Å²) in [5.74, 6) is 2.66. The topological polar surface area (TPSA) is 51.8 Å². The molecule has 1 N–H and O–H groups in total. The molecule has 24 heavy (non-hydrogen) atoms. The molecule has 5 rings (SSSR count). The smallest absolute Gasteiger partial charge is 0.138 e. The summed E-state index contributed by atoms with van der Waals surface area (Å²) in [6.45, 7) is 6.41. The van der Waals surface area contributed by atoms with E-state index in [0.29, 0.717) is 6.61 Å². The maximum absolute atomic E-state index is 9.69. The van der Waals surface area contributed by atoms with Gasteiger partial charge in [0.15, 0.2) is 0 Å². The Morgan fingerprint density at radius 1 is 1.12 bits per heavy atom. The number of hydrogen-bond donors (Lipinski definition) is 1. The first-order chi connectivity index (χ1) is 11.6. The molecule has 4 heteroatoms. The second-order valence-electron chi connectivity index (χ2n) is 6.50. The monoisotopic (exact) mass is 320 g/mol. The zero-order valence-corrected chi connectivity index (χ0v) is 13.2. The van der Waals surface area contributed by atoms with Crippen LogP contribution in [0, 0.1) is 0 Å². The molecule has 2 aliphatic heterocycles. The number of allylic oxidation sites excluding steroid dienone is 1. The lowest BCUT2D eigenvalue weighted by Gasteiger charge is -2.27. The molecule has 0 spiro atoms. The Bertz CT molecular complexity index is 998. The minimum Gasteiger partial charge on any atom is -0.508 e. The van der Waals surface area contributed by atoms with Crippen LogP contribution in [0.1, 0.15) is 35.8 Å². The average Bonchev–Trinajstić information content (AvgIpc) is 3.12. The molecular weight excluding hydrogens is 304 g/mol. The molecule has 120 valence electrons. The normalized spacial score (nSPS) is 20.7. The molecule has 2 aliphatic rings. The van der Waals surface area contributed by atoms with Gasteiger partial charge in [-0.25, -0.2) is 0 Å². The van der Waals surface area contributed by atoms with Crippen molar-refractivity contribution < 1.29 is 19.0 Å². The molecule has 0 amide bonds. The van der Waals surface area contributed by atoms with Crippen molar-refractivity contribution in [3.8, 4) is 17.2 Å². The third kappa shape index (κ3) is 1.80. The minimum absolute atomic E-state index is 0.0990. The Hall–Kier alpha value is -2.88. The minimum atomic E-state index is -0.0990. The summed E-state index contributed by atoms with van der Waals surface area (Å²) in [4.78, 5) is 0. The highest BCUT2D eigenvalue weighted by molar-refractivity contribution is 5.84. The molecule has 2 unspecified atom stereocenters. The summed E-state index contributed by atoms with van der Waals surface area (Å²) in [7, 11) is 0. The van der Waals surface area contributed by atoms with Gasteiger partial charge in [0.25, 0.3) is 0 Å². The van der Waals surface area contributed by atoms with Crippen LogP contribution in [-0.2, 0) is 0 Å². The number of hydrogen-bond acceptors (Lipinski definition) is 4. The van der Waals surface area contributed by atoms with Crippen molar-refractivity contribution in [3.05, 3.63) is 59.9 Å². The van der Waals surface area contributed by atoms with Crippen molar-refractivity contribution in [2.24, 2.45) is 0 Å². The van der Waals surface area contributed by atoms with Crippen LogP contribution >= 0.6 is 0 Å². The molecule has 0 saturated heterocycles. The van der Waals surface area contributed by atoms with E-state index in [1.54, 1.807) is 12.1 Å². The van der Waals surface area contributed by atoms with Crippen LogP contribution in [0.4, 0.5) is 0 Å². The Labute approximate surface area is 138 Å². The first kappa shape index (κ1) is 13.5. The number of furan rings is 1. The van der Waals surface area contributed by atoms with Gasteiger partial charge in [-0.1, -0.05) is 12.6 Å². The number of rotatable bonds is 1. The number of aromatic hydroxyl groups is 1. The molecule has 0 aliphatic carbocycles. The van der Waals surface area contributed by atoms with Crippen LogP contribution < -0.4 is 9.47 Å². The van der Waals surface area contributed by atoms with Crippen LogP contribution in [0.5, 0.6) is 17.2 Å². The molecule has 0 fully saturated rings. The molecule has 0 bridgehead atoms. The fourth-order valence-electron chi connectivity index (χ4n) is 3.59. The highest BCUT2D eigenvalue weighted by atomic mass is 16.5. The molecule has 0 saturated carbocycles. The molecule has 4 nitrogen and oxygen atoms in total. The molecular formula is C20H16O4. The van der Waals surface area contributed by atoms with Gasteiger partial charge in [-0.15, -0.1) is 0 Å². The lowest BCUT2D eigenvalue weighted by molar-refractivity contribution is 0.140. The van der Waals surface area contributed by atoms with E-state index >= 15 is 0 Å². The average molecular weight is 320 g/mol. The van der Waals surface area contributed by atoms with E-state index in [2.05, 4.69) is 12.6 Å². The van der Waals surface area contributed by atoms with Crippen LogP contribution in [0.15, 0.2) is 47.4 Å². The number of fused-ring (bicyclic) bond motifs is 6. The number of phenolic OH excluding ortho intramolecular Hbond substituents is 1. The Balaban J connectivity index is 1.64. The zero-order valence-electron chi connectivity index (χ0n) is 13.2. The van der Waals surface area contributed by atoms with Crippen LogP contribution in [0.3, 0.4) is 0 Å². The summed E-state index contributed by atoms with van der Waals surface area (Å²) in [6.07, 6.45) is -0.0990. The first-order valence-electron chi connectivity index (χ1n) is 7.96. The zero-order chi connectivity index (χ0) is 16.4. The van der Waals surface area contributed by atoms with Gasteiger partial charge in [0.05, 0.1) is 12.5 Å². The lowest BCUT2D eigenvalue weighted by Crippen LogP contribution is -2.23. The van der Waals surface area contributed by atoms with Crippen LogP contribution in [0.25, 0.3) is 16.5 Å². The quantitative estimate of drug-likeness (QED) is 0.701. The van der Waals surface area contributed by atoms with Gasteiger partial charge in [0.2, 0.25) is 0 Å². The first-order valence-corrected chi connectivity index (χ1v) is 7.96. The van der Waals surface area contributed by atoms with E-state index < -0.39 is 0 Å². The summed E-state index contributed by atoms with van der Waals surface area (Å²) in [5.41, 5.74) is 3.78. The predicted octanol–water partition coefficient (Wildman–Crippen LogP) is 4.78. The highest BCUT2D eigenvalue weighted by Gasteiger charge is 2.41. The number of phenols is 1. The van der Waals surface area contributed by atoms with Gasteiger partial charge in [-0.2, -0.15) is 0 Å². The summed E-state index contributed by atoms with van der Waals surface area (Å²) in [5, 5.41) is 10.7. The van der Waals surface area contributed by atoms with Crippen molar-refractivity contribution in [1.82, 2.24) is 0 Å². The van der Waals surface area contributed by atoms with Gasteiger partial charge < -0.3 is 19.0 Å². The molecule has 0 radical (unpaired) electrons. The maximum atomic E-state index is 9.69. The predicted molar refractivity (Wildman–Crippen MR) is 90.6 cm³/mol. The van der Waals surface area contributed by atoms with E-state index in [9.17, 15) is 5.11 Å². The second-order valence-corrected chi connectivity index (χ2v) is 6.50. The third-order valence-electron chi connectivity index (χ3n) is 4.81. The highest BCUT2D eigenvalue weighted by Crippen LogP contribution is 2.52. The molecule has 2 atom stereocenters. The van der Waals surface area contributed by atoms with E-state index in [1.165, 1.54) is 0 Å². The van der Waals surface area contributed by atoms with Crippen molar-refractivity contribution in [3.63, 3.8) is 0 Å². The van der Waals surface area contributed by atoms with Gasteiger partial charge >= 0.3 is 0 Å². The lowest BCUT2D eigenvalue weighted by atomic mass is 9.89. The summed E-state index contributed by atoms with van der Waals surface area (Å²) >= 11 is 0. The van der Waals surface area contributed by atoms with Crippen molar-refractivity contribution in [2.45, 2.75) is 18.9 Å². The summed E-state index contributed by atoms with van der Waals surface area (Å²) in [6, 6.07) is 11.3. The van der Waals surface area contributed by atoms with Gasteiger partial charge in [-0.05, 0) is 30.7 Å². The largest absolute Gasteiger partial charge is 0.508 e. The van der Waals surface area contributed by atoms with E-state index in [0.717, 1.165) is 44.9 Å². The van der Waals surface area contributed by atoms with Gasteiger partial charge in [-0.3, -0.25) is 0 Å². The third-order valence-corrected chi connectivity index (χ3v) is 4.81. The molecule has 2 aromatic carbocycles. The van der Waals surface area contributed by atoms with Crippen molar-refractivity contribution >= 4 is 16.5 Å². The second kappa shape index (κ2) is 4.57. The van der Waals surface area contributed by atoms with E-state index in [4.69, 9.17) is 13.9 Å². The van der Waals surface area contributed by atoms with E-state index in [-0.39, 0.29) is 17.8 Å². The fraction of sp³-hybridized carbons (Fsp3) is 0.200. The number of benzene rings is 2.